The summed E-state index contributed by atoms with van der Waals surface area (Å²) in [4.78, 5) is 36.7. The van der Waals surface area contributed by atoms with E-state index in [9.17, 15) is 14.4 Å². The van der Waals surface area contributed by atoms with Crippen LogP contribution in [0.2, 0.25) is 0 Å². The van der Waals surface area contributed by atoms with E-state index < -0.39 is 36.3 Å². The van der Waals surface area contributed by atoms with Gasteiger partial charge >= 0.3 is 11.9 Å². The van der Waals surface area contributed by atoms with E-state index in [1.807, 2.05) is 6.92 Å². The van der Waals surface area contributed by atoms with Gasteiger partial charge in [0.1, 0.15) is 12.2 Å². The Morgan fingerprint density at radius 1 is 1.04 bits per heavy atom. The highest BCUT2D eigenvalue weighted by Crippen LogP contribution is 2.31. The molecular weight excluding hydrogens is 322 g/mol. The maximum atomic E-state index is 11.7. The molecule has 0 aromatic rings. The van der Waals surface area contributed by atoms with E-state index in [1.54, 1.807) is 0 Å². The molecule has 1 amide bonds. The van der Waals surface area contributed by atoms with Gasteiger partial charge in [-0.25, -0.2) is 0 Å². The second kappa shape index (κ2) is 8.62. The van der Waals surface area contributed by atoms with Crippen molar-refractivity contribution in [2.45, 2.75) is 57.0 Å². The number of ether oxygens (including phenoxy) is 4. The molecule has 0 unspecified atom stereocenters. The largest absolute Gasteiger partial charge is 0.457 e. The first-order valence-electron chi connectivity index (χ1n) is 7.75. The van der Waals surface area contributed by atoms with Crippen molar-refractivity contribution in [1.29, 1.82) is 0 Å². The molecule has 0 saturated carbocycles. The maximum absolute atomic E-state index is 11.7. The van der Waals surface area contributed by atoms with E-state index in [4.69, 9.17) is 24.5 Å². The standard InChI is InChI=1S/C14H19N3O7/c1-2-3-11(19)23-8-6-21-14-9(7-22-13(8)14)24-12(20)5-4-10(18)16-17-15/h8-9,13-14H,2-7H2,1H3/t8-,9-,13+,14+/m0/s1. The SMILES string of the molecule is CCCC(=O)O[C@H]1CO[C@H]2[C@@H]1OC[C@@H]2OC(=O)CCC(=O)N=[N+]=[N-]. The van der Waals surface area contributed by atoms with Gasteiger partial charge in [-0.15, -0.1) is 0 Å². The molecule has 0 aromatic heterocycles. The third-order valence-electron chi connectivity index (χ3n) is 3.68. The molecule has 10 heteroatoms. The number of nitrogens with zero attached hydrogens (tertiary/aromatic N) is 3. The van der Waals surface area contributed by atoms with Gasteiger partial charge in [0.05, 0.1) is 19.6 Å². The van der Waals surface area contributed by atoms with Crippen molar-refractivity contribution in [2.24, 2.45) is 5.11 Å². The Bertz CT molecular complexity index is 546. The van der Waals surface area contributed by atoms with Gasteiger partial charge in [0.15, 0.2) is 12.2 Å². The average molecular weight is 341 g/mol. The van der Waals surface area contributed by atoms with Crippen LogP contribution in [-0.2, 0) is 33.3 Å². The summed E-state index contributed by atoms with van der Waals surface area (Å²) >= 11 is 0. The van der Waals surface area contributed by atoms with Crippen molar-refractivity contribution in [3.8, 4) is 0 Å². The normalized spacial score (nSPS) is 27.9. The molecule has 0 bridgehead atoms. The third kappa shape index (κ3) is 4.67. The number of rotatable bonds is 7. The zero-order valence-corrected chi connectivity index (χ0v) is 13.3. The molecule has 0 spiro atoms. The Kier molecular flexibility index (Phi) is 6.53. The van der Waals surface area contributed by atoms with Gasteiger partial charge in [-0.3, -0.25) is 14.4 Å². The zero-order valence-electron chi connectivity index (χ0n) is 13.3. The lowest BCUT2D eigenvalue weighted by atomic mass is 10.1. The predicted molar refractivity (Wildman–Crippen MR) is 77.5 cm³/mol. The predicted octanol–water partition coefficient (Wildman–Crippen LogP) is 1.02. The van der Waals surface area contributed by atoms with Crippen LogP contribution in [0.5, 0.6) is 0 Å². The van der Waals surface area contributed by atoms with Crippen LogP contribution in [0.3, 0.4) is 0 Å². The Morgan fingerprint density at radius 3 is 2.08 bits per heavy atom. The minimum absolute atomic E-state index is 0.132. The molecule has 2 aliphatic rings. The number of azide groups is 1. The van der Waals surface area contributed by atoms with Crippen molar-refractivity contribution in [2.75, 3.05) is 13.2 Å². The number of esters is 2. The molecular formula is C14H19N3O7. The Labute approximate surface area is 138 Å². The summed E-state index contributed by atoms with van der Waals surface area (Å²) in [5, 5.41) is 2.87. The molecule has 2 aliphatic heterocycles. The first kappa shape index (κ1) is 18.2. The van der Waals surface area contributed by atoms with Crippen LogP contribution in [-0.4, -0.2) is 55.5 Å². The summed E-state index contributed by atoms with van der Waals surface area (Å²) in [6.07, 6.45) is -1.49. The van der Waals surface area contributed by atoms with Gasteiger partial charge in [0, 0.05) is 17.8 Å². The average Bonchev–Trinajstić information content (AvgIpc) is 3.10. The van der Waals surface area contributed by atoms with E-state index in [-0.39, 0.29) is 32.0 Å². The van der Waals surface area contributed by atoms with Crippen LogP contribution in [0.25, 0.3) is 10.4 Å². The summed E-state index contributed by atoms with van der Waals surface area (Å²) in [5.41, 5.74) is 8.11. The first-order chi connectivity index (χ1) is 11.5. The van der Waals surface area contributed by atoms with Crippen LogP contribution < -0.4 is 0 Å². The fourth-order valence-electron chi connectivity index (χ4n) is 2.60. The molecule has 10 nitrogen and oxygen atoms in total. The highest BCUT2D eigenvalue weighted by molar-refractivity contribution is 5.81. The second-order valence-corrected chi connectivity index (χ2v) is 5.49. The monoisotopic (exact) mass is 341 g/mol. The van der Waals surface area contributed by atoms with Crippen LogP contribution in [0, 0.1) is 0 Å². The number of amides is 1. The lowest BCUT2D eigenvalue weighted by Crippen LogP contribution is -2.36. The molecule has 0 N–H and O–H groups in total. The summed E-state index contributed by atoms with van der Waals surface area (Å²) in [5.74, 6) is -1.65. The summed E-state index contributed by atoms with van der Waals surface area (Å²) < 4.78 is 21.6. The molecule has 24 heavy (non-hydrogen) atoms. The van der Waals surface area contributed by atoms with E-state index in [0.29, 0.717) is 12.8 Å². The highest BCUT2D eigenvalue weighted by Gasteiger charge is 2.51. The lowest BCUT2D eigenvalue weighted by molar-refractivity contribution is -0.155. The molecule has 132 valence electrons. The molecule has 2 fully saturated rings. The molecule has 2 saturated heterocycles. The van der Waals surface area contributed by atoms with Gasteiger partial charge in [-0.1, -0.05) is 6.92 Å². The van der Waals surface area contributed by atoms with Gasteiger partial charge in [-0.05, 0) is 17.1 Å². The Morgan fingerprint density at radius 2 is 1.58 bits per heavy atom. The van der Waals surface area contributed by atoms with E-state index in [1.165, 1.54) is 0 Å². The maximum Gasteiger partial charge on any atom is 0.306 e. The minimum Gasteiger partial charge on any atom is -0.457 e. The van der Waals surface area contributed by atoms with Crippen LogP contribution >= 0.6 is 0 Å². The topological polar surface area (TPSA) is 137 Å². The fraction of sp³-hybridized carbons (Fsp3) is 0.786. The Balaban J connectivity index is 1.79. The van der Waals surface area contributed by atoms with E-state index >= 15 is 0 Å². The lowest BCUT2D eigenvalue weighted by Gasteiger charge is -2.17. The van der Waals surface area contributed by atoms with Crippen molar-refractivity contribution in [1.82, 2.24) is 0 Å². The summed E-state index contributed by atoms with van der Waals surface area (Å²) in [6.45, 7) is 2.20. The summed E-state index contributed by atoms with van der Waals surface area (Å²) in [7, 11) is 0. The zero-order chi connectivity index (χ0) is 17.5. The number of carbonyl (C=O) groups is 3. The van der Waals surface area contributed by atoms with Crippen LogP contribution in [0.1, 0.15) is 32.6 Å². The molecule has 2 rings (SSSR count). The first-order valence-corrected chi connectivity index (χ1v) is 7.75. The minimum atomic E-state index is -0.727. The van der Waals surface area contributed by atoms with Crippen molar-refractivity contribution in [3.63, 3.8) is 0 Å². The van der Waals surface area contributed by atoms with Crippen molar-refractivity contribution < 1.29 is 33.3 Å². The van der Waals surface area contributed by atoms with Crippen LogP contribution in [0.15, 0.2) is 5.11 Å². The molecule has 2 heterocycles. The number of hydrogen-bond acceptors (Lipinski definition) is 7. The van der Waals surface area contributed by atoms with Crippen LogP contribution in [0.4, 0.5) is 0 Å². The van der Waals surface area contributed by atoms with Crippen molar-refractivity contribution in [3.05, 3.63) is 10.4 Å². The quantitative estimate of drug-likeness (QED) is 0.292. The number of fused-ring (bicyclic) bond motifs is 1. The molecule has 0 aromatic carbocycles. The molecule has 0 radical (unpaired) electrons. The van der Waals surface area contributed by atoms with E-state index in [0.717, 1.165) is 0 Å². The van der Waals surface area contributed by atoms with Gasteiger partial charge < -0.3 is 18.9 Å². The molecule has 0 aliphatic carbocycles. The third-order valence-corrected chi connectivity index (χ3v) is 3.68. The van der Waals surface area contributed by atoms with Gasteiger partial charge in [0.25, 0.3) is 0 Å². The van der Waals surface area contributed by atoms with Gasteiger partial charge in [-0.2, -0.15) is 0 Å². The Hall–Kier alpha value is -2.16. The van der Waals surface area contributed by atoms with Gasteiger partial charge in [0.2, 0.25) is 5.91 Å². The summed E-state index contributed by atoms with van der Waals surface area (Å²) in [6, 6.07) is 0. The number of hydrogen-bond donors (Lipinski definition) is 0. The van der Waals surface area contributed by atoms with E-state index in [2.05, 4.69) is 10.0 Å². The second-order valence-electron chi connectivity index (χ2n) is 5.49. The van der Waals surface area contributed by atoms with Crippen molar-refractivity contribution >= 4 is 17.8 Å². The smallest absolute Gasteiger partial charge is 0.306 e. The number of carbonyl (C=O) groups excluding carboxylic acids is 3. The highest BCUT2D eigenvalue weighted by atomic mass is 16.7. The fourth-order valence-corrected chi connectivity index (χ4v) is 2.60. The molecule has 4 atom stereocenters.